The summed E-state index contributed by atoms with van der Waals surface area (Å²) in [6, 6.07) is 0. The van der Waals surface area contributed by atoms with Crippen LogP contribution in [0.2, 0.25) is 0 Å². The molecule has 1 aliphatic rings. The van der Waals surface area contributed by atoms with Gasteiger partial charge in [0.15, 0.2) is 0 Å². The van der Waals surface area contributed by atoms with Crippen molar-refractivity contribution in [2.75, 3.05) is 0 Å². The predicted octanol–water partition coefficient (Wildman–Crippen LogP) is 2.05. The summed E-state index contributed by atoms with van der Waals surface area (Å²) in [5.74, 6) is 0.830. The Kier molecular flexibility index (Phi) is 2.49. The highest BCUT2D eigenvalue weighted by Crippen LogP contribution is 2.24. The minimum absolute atomic E-state index is 0.126. The Morgan fingerprint density at radius 2 is 1.78 bits per heavy atom. The lowest BCUT2D eigenvalue weighted by atomic mass is 9.89. The maximum absolute atomic E-state index is 8.28. The Balaban J connectivity index is 2.18. The second-order valence-electron chi connectivity index (χ2n) is 2.99. The Hall–Kier alpha value is -0.0800. The molecule has 0 radical (unpaired) electrons. The van der Waals surface area contributed by atoms with E-state index in [9.17, 15) is 0 Å². The van der Waals surface area contributed by atoms with Gasteiger partial charge >= 0.3 is 0 Å². The molecule has 0 heterocycles. The lowest BCUT2D eigenvalue weighted by Gasteiger charge is -2.22. The first-order chi connectivity index (χ1) is 4.33. The molecule has 0 saturated heterocycles. The second kappa shape index (κ2) is 3.18. The van der Waals surface area contributed by atoms with E-state index < -0.39 is 0 Å². The zero-order chi connectivity index (χ0) is 6.69. The van der Waals surface area contributed by atoms with Crippen molar-refractivity contribution in [3.63, 3.8) is 0 Å². The van der Waals surface area contributed by atoms with E-state index >= 15 is 0 Å². The zero-order valence-electron chi connectivity index (χ0n) is 5.84. The fourth-order valence-electron chi connectivity index (χ4n) is 1.33. The second-order valence-corrected chi connectivity index (χ2v) is 2.99. The molecule has 1 rings (SSSR count). The molecular formula is C7H14O2. The molecule has 9 heavy (non-hydrogen) atoms. The highest BCUT2D eigenvalue weighted by atomic mass is 17.1. The van der Waals surface area contributed by atoms with Crippen molar-refractivity contribution < 1.29 is 10.1 Å². The van der Waals surface area contributed by atoms with Gasteiger partial charge in [0.25, 0.3) is 0 Å². The van der Waals surface area contributed by atoms with Crippen LogP contribution in [0.1, 0.15) is 32.6 Å². The third-order valence-electron chi connectivity index (χ3n) is 2.11. The first kappa shape index (κ1) is 7.03. The van der Waals surface area contributed by atoms with Crippen molar-refractivity contribution in [3.05, 3.63) is 0 Å². The van der Waals surface area contributed by atoms with Crippen LogP contribution in [0.15, 0.2) is 0 Å². The molecule has 1 saturated carbocycles. The van der Waals surface area contributed by atoms with Crippen molar-refractivity contribution in [1.82, 2.24) is 0 Å². The van der Waals surface area contributed by atoms with Crippen LogP contribution in [0.3, 0.4) is 0 Å². The van der Waals surface area contributed by atoms with E-state index in [1.807, 2.05) is 0 Å². The van der Waals surface area contributed by atoms with Crippen LogP contribution in [0.5, 0.6) is 0 Å². The third-order valence-corrected chi connectivity index (χ3v) is 2.11. The van der Waals surface area contributed by atoms with Crippen LogP contribution in [0.25, 0.3) is 0 Å². The summed E-state index contributed by atoms with van der Waals surface area (Å²) in [5.41, 5.74) is 0. The van der Waals surface area contributed by atoms with E-state index in [4.69, 9.17) is 5.26 Å². The highest BCUT2D eigenvalue weighted by Gasteiger charge is 2.17. The molecule has 2 nitrogen and oxygen atoms in total. The normalized spacial score (nSPS) is 36.7. The molecule has 0 aromatic heterocycles. The predicted molar refractivity (Wildman–Crippen MR) is 35.1 cm³/mol. The summed E-state index contributed by atoms with van der Waals surface area (Å²) >= 11 is 0. The van der Waals surface area contributed by atoms with Crippen LogP contribution in [0.4, 0.5) is 0 Å². The van der Waals surface area contributed by atoms with Crippen molar-refractivity contribution in [2.45, 2.75) is 38.7 Å². The molecule has 0 aromatic rings. The van der Waals surface area contributed by atoms with E-state index in [1.165, 1.54) is 12.8 Å². The first-order valence-electron chi connectivity index (χ1n) is 3.63. The van der Waals surface area contributed by atoms with Crippen molar-refractivity contribution in [3.8, 4) is 0 Å². The van der Waals surface area contributed by atoms with Gasteiger partial charge < -0.3 is 0 Å². The van der Waals surface area contributed by atoms with E-state index in [0.29, 0.717) is 0 Å². The van der Waals surface area contributed by atoms with Crippen molar-refractivity contribution in [2.24, 2.45) is 5.92 Å². The molecule has 1 fully saturated rings. The van der Waals surface area contributed by atoms with Crippen molar-refractivity contribution >= 4 is 0 Å². The number of hydrogen-bond donors (Lipinski definition) is 1. The summed E-state index contributed by atoms with van der Waals surface area (Å²) < 4.78 is 0. The van der Waals surface area contributed by atoms with Gasteiger partial charge in [0.05, 0.1) is 6.10 Å². The summed E-state index contributed by atoms with van der Waals surface area (Å²) in [5, 5.41) is 8.28. The van der Waals surface area contributed by atoms with Gasteiger partial charge in [0, 0.05) is 0 Å². The maximum atomic E-state index is 8.28. The molecule has 0 atom stereocenters. The minimum atomic E-state index is 0.126. The van der Waals surface area contributed by atoms with Crippen LogP contribution in [-0.2, 0) is 4.89 Å². The van der Waals surface area contributed by atoms with Crippen molar-refractivity contribution in [1.29, 1.82) is 0 Å². The topological polar surface area (TPSA) is 29.5 Å². The maximum Gasteiger partial charge on any atom is 0.0927 e. The van der Waals surface area contributed by atoms with E-state index in [2.05, 4.69) is 11.8 Å². The molecule has 1 aliphatic carbocycles. The first-order valence-corrected chi connectivity index (χ1v) is 3.63. The largest absolute Gasteiger partial charge is 0.252 e. The van der Waals surface area contributed by atoms with Gasteiger partial charge in [-0.25, -0.2) is 4.89 Å². The van der Waals surface area contributed by atoms with Gasteiger partial charge in [-0.05, 0) is 31.6 Å². The van der Waals surface area contributed by atoms with Gasteiger partial charge in [-0.1, -0.05) is 6.92 Å². The van der Waals surface area contributed by atoms with Crippen LogP contribution < -0.4 is 0 Å². The van der Waals surface area contributed by atoms with Gasteiger partial charge in [0.2, 0.25) is 0 Å². The Morgan fingerprint density at radius 3 is 2.22 bits per heavy atom. The molecule has 0 aromatic carbocycles. The van der Waals surface area contributed by atoms with Gasteiger partial charge in [-0.15, -0.1) is 0 Å². The molecule has 0 bridgehead atoms. The highest BCUT2D eigenvalue weighted by molar-refractivity contribution is 4.68. The molecule has 0 aliphatic heterocycles. The van der Waals surface area contributed by atoms with E-state index in [0.717, 1.165) is 18.8 Å². The van der Waals surface area contributed by atoms with Gasteiger partial charge in [0.1, 0.15) is 0 Å². The van der Waals surface area contributed by atoms with E-state index in [1.54, 1.807) is 0 Å². The van der Waals surface area contributed by atoms with Crippen LogP contribution in [-0.4, -0.2) is 11.4 Å². The summed E-state index contributed by atoms with van der Waals surface area (Å²) in [7, 11) is 0. The molecule has 2 heteroatoms. The Bertz CT molecular complexity index is 75.0. The van der Waals surface area contributed by atoms with Gasteiger partial charge in [-0.3, -0.25) is 5.26 Å². The Morgan fingerprint density at radius 1 is 1.22 bits per heavy atom. The summed E-state index contributed by atoms with van der Waals surface area (Å²) in [4.78, 5) is 4.24. The minimum Gasteiger partial charge on any atom is -0.252 e. The average molecular weight is 130 g/mol. The molecular weight excluding hydrogens is 116 g/mol. The fourth-order valence-corrected chi connectivity index (χ4v) is 1.33. The average Bonchev–Trinajstić information content (AvgIpc) is 1.90. The van der Waals surface area contributed by atoms with Gasteiger partial charge in [-0.2, -0.15) is 0 Å². The smallest absolute Gasteiger partial charge is 0.0927 e. The molecule has 54 valence electrons. The lowest BCUT2D eigenvalue weighted by molar-refractivity contribution is -0.285. The van der Waals surface area contributed by atoms with Crippen LogP contribution >= 0.6 is 0 Å². The SMILES string of the molecule is CC1CCC(OO)CC1. The molecule has 1 N–H and O–H groups in total. The monoisotopic (exact) mass is 130 g/mol. The Labute approximate surface area is 55.8 Å². The fraction of sp³-hybridized carbons (Fsp3) is 1.00. The summed E-state index contributed by atoms with van der Waals surface area (Å²) in [6.45, 7) is 2.24. The van der Waals surface area contributed by atoms with E-state index in [-0.39, 0.29) is 6.10 Å². The third kappa shape index (κ3) is 1.95. The standard InChI is InChI=1S/C7H14O2/c1-6-2-4-7(9-8)5-3-6/h6-8H,2-5H2,1H3. The lowest BCUT2D eigenvalue weighted by Crippen LogP contribution is -2.18. The quantitative estimate of drug-likeness (QED) is 0.435. The van der Waals surface area contributed by atoms with Crippen LogP contribution in [0, 0.1) is 5.92 Å². The number of hydrogen-bond acceptors (Lipinski definition) is 2. The molecule has 0 spiro atoms. The summed E-state index contributed by atoms with van der Waals surface area (Å²) in [6.07, 6.45) is 4.58. The molecule has 0 unspecified atom stereocenters. The number of rotatable bonds is 1. The molecule has 0 amide bonds. The zero-order valence-corrected chi connectivity index (χ0v) is 5.84.